The fourth-order valence-corrected chi connectivity index (χ4v) is 2.39. The van der Waals surface area contributed by atoms with E-state index in [2.05, 4.69) is 5.32 Å². The highest BCUT2D eigenvalue weighted by Gasteiger charge is 2.17. The minimum absolute atomic E-state index is 0.0389. The number of nitrogens with two attached hydrogens (primary N) is 1. The monoisotopic (exact) mass is 323 g/mol. The first kappa shape index (κ1) is 18.8. The van der Waals surface area contributed by atoms with Crippen molar-refractivity contribution in [3.8, 4) is 11.5 Å². The molecule has 7 nitrogen and oxygen atoms in total. The van der Waals surface area contributed by atoms with Gasteiger partial charge in [0.25, 0.3) is 0 Å². The fourth-order valence-electron chi connectivity index (χ4n) is 2.39. The van der Waals surface area contributed by atoms with Crippen LogP contribution in [0.2, 0.25) is 0 Å². The molecule has 0 aliphatic carbocycles. The van der Waals surface area contributed by atoms with Crippen LogP contribution in [-0.2, 0) is 9.59 Å². The number of methoxy groups -OCH3 is 2. The summed E-state index contributed by atoms with van der Waals surface area (Å²) in [5, 5.41) is 2.90. The van der Waals surface area contributed by atoms with Crippen molar-refractivity contribution in [3.63, 3.8) is 0 Å². The molecule has 0 radical (unpaired) electrons. The van der Waals surface area contributed by atoms with Gasteiger partial charge in [-0.2, -0.15) is 0 Å². The maximum absolute atomic E-state index is 12.0. The van der Waals surface area contributed by atoms with Crippen LogP contribution in [0, 0.1) is 6.92 Å². The highest BCUT2D eigenvalue weighted by Crippen LogP contribution is 2.32. The van der Waals surface area contributed by atoms with E-state index in [1.165, 1.54) is 0 Å². The number of likely N-dealkylation sites (N-methyl/N-ethyl adjacent to an activating group) is 1. The van der Waals surface area contributed by atoms with Crippen molar-refractivity contribution in [1.82, 2.24) is 10.2 Å². The third-order valence-electron chi connectivity index (χ3n) is 3.46. The Hall–Kier alpha value is -2.28. The van der Waals surface area contributed by atoms with Crippen molar-refractivity contribution in [2.24, 2.45) is 5.73 Å². The van der Waals surface area contributed by atoms with E-state index >= 15 is 0 Å². The predicted octanol–water partition coefficient (Wildman–Crippen LogP) is 0.607. The molecule has 3 N–H and O–H groups in total. The number of hydrogen-bond acceptors (Lipinski definition) is 5. The molecule has 0 saturated heterocycles. The summed E-state index contributed by atoms with van der Waals surface area (Å²) in [5.74, 6) is 0.605. The van der Waals surface area contributed by atoms with E-state index in [4.69, 9.17) is 15.2 Å². The predicted molar refractivity (Wildman–Crippen MR) is 87.5 cm³/mol. The Labute approximate surface area is 136 Å². The summed E-state index contributed by atoms with van der Waals surface area (Å²) in [4.78, 5) is 24.4. The van der Waals surface area contributed by atoms with Crippen LogP contribution in [0.4, 0.5) is 0 Å². The molecule has 128 valence electrons. The second-order valence-electron chi connectivity index (χ2n) is 5.49. The summed E-state index contributed by atoms with van der Waals surface area (Å²) in [6.45, 7) is 3.97. The molecule has 1 rings (SSSR count). The van der Waals surface area contributed by atoms with Gasteiger partial charge >= 0.3 is 0 Å². The molecule has 0 aliphatic rings. The number of carbonyl (C=O) groups excluding carboxylic acids is 2. The molecule has 0 saturated carbocycles. The van der Waals surface area contributed by atoms with E-state index < -0.39 is 5.91 Å². The lowest BCUT2D eigenvalue weighted by Gasteiger charge is -2.21. The Kier molecular flexibility index (Phi) is 6.84. The Morgan fingerprint density at radius 2 is 1.78 bits per heavy atom. The topological polar surface area (TPSA) is 93.9 Å². The van der Waals surface area contributed by atoms with Crippen LogP contribution in [0.3, 0.4) is 0 Å². The normalized spacial score (nSPS) is 11.9. The van der Waals surface area contributed by atoms with Crippen molar-refractivity contribution in [1.29, 1.82) is 0 Å². The summed E-state index contributed by atoms with van der Waals surface area (Å²) >= 11 is 0. The van der Waals surface area contributed by atoms with Gasteiger partial charge in [0.1, 0.15) is 0 Å². The lowest BCUT2D eigenvalue weighted by atomic mass is 10.0. The Bertz CT molecular complexity index is 575. The second-order valence-corrected chi connectivity index (χ2v) is 5.49. The first-order valence-electron chi connectivity index (χ1n) is 7.27. The number of hydrogen-bond donors (Lipinski definition) is 2. The van der Waals surface area contributed by atoms with Crippen molar-refractivity contribution >= 4 is 11.8 Å². The molecule has 0 fully saturated rings. The zero-order valence-corrected chi connectivity index (χ0v) is 14.3. The van der Waals surface area contributed by atoms with Gasteiger partial charge < -0.3 is 20.5 Å². The van der Waals surface area contributed by atoms with E-state index in [1.54, 1.807) is 26.2 Å². The van der Waals surface area contributed by atoms with Crippen LogP contribution in [0.5, 0.6) is 11.5 Å². The lowest BCUT2D eigenvalue weighted by Crippen LogP contribution is -2.40. The first-order chi connectivity index (χ1) is 10.8. The standard InChI is InChI=1S/C16H25N3O4/c1-10-6-13(22-4)14(23-5)7-12(10)11(2)18-16(21)9-19(3)8-15(17)20/h6-7,11H,8-9H2,1-5H3,(H2,17,20)(H,18,21). The third-order valence-corrected chi connectivity index (χ3v) is 3.46. The van der Waals surface area contributed by atoms with Crippen LogP contribution in [-0.4, -0.2) is 51.1 Å². The second kappa shape index (κ2) is 8.38. The van der Waals surface area contributed by atoms with Gasteiger partial charge in [-0.3, -0.25) is 14.5 Å². The zero-order valence-electron chi connectivity index (χ0n) is 14.3. The molecule has 2 amide bonds. The third kappa shape index (κ3) is 5.45. The average Bonchev–Trinajstić information content (AvgIpc) is 2.45. The van der Waals surface area contributed by atoms with Gasteiger partial charge in [0.15, 0.2) is 11.5 Å². The number of primary amides is 1. The van der Waals surface area contributed by atoms with E-state index in [9.17, 15) is 9.59 Å². The van der Waals surface area contributed by atoms with Crippen molar-refractivity contribution in [2.75, 3.05) is 34.4 Å². The SMILES string of the molecule is COc1cc(C)c(C(C)NC(=O)CN(C)CC(N)=O)cc1OC. The van der Waals surface area contributed by atoms with Crippen molar-refractivity contribution < 1.29 is 19.1 Å². The zero-order chi connectivity index (χ0) is 17.6. The highest BCUT2D eigenvalue weighted by molar-refractivity contribution is 5.80. The molecule has 1 atom stereocenters. The van der Waals surface area contributed by atoms with Crippen molar-refractivity contribution in [3.05, 3.63) is 23.3 Å². The Morgan fingerprint density at radius 1 is 1.22 bits per heavy atom. The van der Waals surface area contributed by atoms with E-state index in [0.29, 0.717) is 11.5 Å². The molecule has 0 heterocycles. The quantitative estimate of drug-likeness (QED) is 0.731. The van der Waals surface area contributed by atoms with Crippen LogP contribution < -0.4 is 20.5 Å². The van der Waals surface area contributed by atoms with Gasteiger partial charge in [-0.15, -0.1) is 0 Å². The van der Waals surface area contributed by atoms with Gasteiger partial charge in [-0.25, -0.2) is 0 Å². The van der Waals surface area contributed by atoms with Gasteiger partial charge in [0, 0.05) is 0 Å². The fraction of sp³-hybridized carbons (Fsp3) is 0.500. The van der Waals surface area contributed by atoms with Crippen LogP contribution in [0.15, 0.2) is 12.1 Å². The van der Waals surface area contributed by atoms with Gasteiger partial charge in [0.05, 0.1) is 33.4 Å². The molecule has 0 bridgehead atoms. The smallest absolute Gasteiger partial charge is 0.234 e. The number of nitrogens with zero attached hydrogens (tertiary/aromatic N) is 1. The summed E-state index contributed by atoms with van der Waals surface area (Å²) < 4.78 is 10.6. The molecule has 23 heavy (non-hydrogen) atoms. The van der Waals surface area contributed by atoms with Gasteiger partial charge in [-0.05, 0) is 44.2 Å². The van der Waals surface area contributed by atoms with Gasteiger partial charge in [-0.1, -0.05) is 0 Å². The average molecular weight is 323 g/mol. The number of carbonyl (C=O) groups is 2. The maximum atomic E-state index is 12.0. The lowest BCUT2D eigenvalue weighted by molar-refractivity contribution is -0.123. The Balaban J connectivity index is 2.79. The molecular formula is C16H25N3O4. The first-order valence-corrected chi connectivity index (χ1v) is 7.27. The summed E-state index contributed by atoms with van der Waals surface area (Å²) in [5.41, 5.74) is 7.03. The summed E-state index contributed by atoms with van der Waals surface area (Å²) in [7, 11) is 4.81. The largest absolute Gasteiger partial charge is 0.493 e. The molecule has 0 aliphatic heterocycles. The minimum Gasteiger partial charge on any atom is -0.493 e. The van der Waals surface area contributed by atoms with Crippen molar-refractivity contribution in [2.45, 2.75) is 19.9 Å². The van der Waals surface area contributed by atoms with Crippen LogP contribution >= 0.6 is 0 Å². The number of ether oxygens (including phenoxy) is 2. The molecule has 1 unspecified atom stereocenters. The number of nitrogens with one attached hydrogen (secondary N) is 1. The number of aryl methyl sites for hydroxylation is 1. The summed E-state index contributed by atoms with van der Waals surface area (Å²) in [6, 6.07) is 3.52. The highest BCUT2D eigenvalue weighted by atomic mass is 16.5. The molecule has 1 aromatic rings. The minimum atomic E-state index is -0.468. The van der Waals surface area contributed by atoms with Gasteiger partial charge in [0.2, 0.25) is 11.8 Å². The van der Waals surface area contributed by atoms with E-state index in [-0.39, 0.29) is 25.0 Å². The maximum Gasteiger partial charge on any atom is 0.234 e. The molecule has 0 spiro atoms. The van der Waals surface area contributed by atoms with Crippen LogP contribution in [0.25, 0.3) is 0 Å². The molecule has 7 heteroatoms. The van der Waals surface area contributed by atoms with E-state index in [1.807, 2.05) is 26.0 Å². The number of benzene rings is 1. The molecule has 0 aromatic heterocycles. The summed E-state index contributed by atoms with van der Waals surface area (Å²) in [6.07, 6.45) is 0. The van der Waals surface area contributed by atoms with Crippen LogP contribution in [0.1, 0.15) is 24.1 Å². The van der Waals surface area contributed by atoms with E-state index in [0.717, 1.165) is 11.1 Å². The number of rotatable bonds is 8. The molecule has 1 aromatic carbocycles. The number of amides is 2. The molecular weight excluding hydrogens is 298 g/mol. The Morgan fingerprint density at radius 3 is 2.30 bits per heavy atom.